The van der Waals surface area contributed by atoms with Gasteiger partial charge in [-0.2, -0.15) is 0 Å². The van der Waals surface area contributed by atoms with E-state index in [-0.39, 0.29) is 23.2 Å². The van der Waals surface area contributed by atoms with E-state index < -0.39 is 5.97 Å². The average molecular weight is 311 g/mol. The van der Waals surface area contributed by atoms with Crippen molar-refractivity contribution in [3.8, 4) is 0 Å². The standard InChI is InChI=1S/C15H19ClN2O3/c1-2-9-5-6-17-13(7-9)14(19)18-12-4-3-10(16)8-11(12)15(20)21/h3-4,8-9,13,17H,2,5-7H2,1H3,(H,18,19)(H,20,21). The zero-order valence-electron chi connectivity index (χ0n) is 11.9. The Kier molecular flexibility index (Phi) is 5.20. The summed E-state index contributed by atoms with van der Waals surface area (Å²) in [6, 6.07) is 4.14. The highest BCUT2D eigenvalue weighted by atomic mass is 35.5. The van der Waals surface area contributed by atoms with E-state index in [1.165, 1.54) is 12.1 Å². The monoisotopic (exact) mass is 310 g/mol. The minimum absolute atomic E-state index is 0.00120. The molecule has 6 heteroatoms. The quantitative estimate of drug-likeness (QED) is 0.799. The third-order valence-corrected chi connectivity index (χ3v) is 4.11. The Morgan fingerprint density at radius 1 is 1.48 bits per heavy atom. The Morgan fingerprint density at radius 2 is 2.24 bits per heavy atom. The van der Waals surface area contributed by atoms with Crippen molar-refractivity contribution in [2.24, 2.45) is 5.92 Å². The SMILES string of the molecule is CCC1CCNC(C(=O)Nc2ccc(Cl)cc2C(=O)O)C1. The molecule has 0 aromatic heterocycles. The van der Waals surface area contributed by atoms with Crippen LogP contribution in [0.1, 0.15) is 36.5 Å². The van der Waals surface area contributed by atoms with Gasteiger partial charge in [-0.1, -0.05) is 24.9 Å². The van der Waals surface area contributed by atoms with Crippen molar-refractivity contribution in [2.75, 3.05) is 11.9 Å². The van der Waals surface area contributed by atoms with Gasteiger partial charge in [-0.15, -0.1) is 0 Å². The molecular formula is C15H19ClN2O3. The highest BCUT2D eigenvalue weighted by molar-refractivity contribution is 6.31. The zero-order valence-corrected chi connectivity index (χ0v) is 12.6. The van der Waals surface area contributed by atoms with Gasteiger partial charge in [-0.25, -0.2) is 4.79 Å². The van der Waals surface area contributed by atoms with Crippen molar-refractivity contribution in [3.05, 3.63) is 28.8 Å². The number of hydrogen-bond acceptors (Lipinski definition) is 3. The van der Waals surface area contributed by atoms with Gasteiger partial charge in [-0.3, -0.25) is 4.79 Å². The lowest BCUT2D eigenvalue weighted by molar-refractivity contribution is -0.119. The highest BCUT2D eigenvalue weighted by Crippen LogP contribution is 2.23. The molecule has 1 aliphatic rings. The van der Waals surface area contributed by atoms with Crippen LogP contribution in [0.15, 0.2) is 18.2 Å². The second-order valence-electron chi connectivity index (χ2n) is 5.29. The van der Waals surface area contributed by atoms with Gasteiger partial charge in [0.15, 0.2) is 0 Å². The number of nitrogens with one attached hydrogen (secondary N) is 2. The summed E-state index contributed by atoms with van der Waals surface area (Å²) in [6.07, 6.45) is 2.90. The Labute approximate surface area is 128 Å². The first-order chi connectivity index (χ1) is 10.0. The minimum Gasteiger partial charge on any atom is -0.478 e. The van der Waals surface area contributed by atoms with Crippen LogP contribution in [0.5, 0.6) is 0 Å². The number of carboxylic acids is 1. The van der Waals surface area contributed by atoms with Crippen LogP contribution in [0.4, 0.5) is 5.69 Å². The van der Waals surface area contributed by atoms with Crippen LogP contribution in [-0.4, -0.2) is 29.6 Å². The van der Waals surface area contributed by atoms with Crippen molar-refractivity contribution in [1.29, 1.82) is 0 Å². The van der Waals surface area contributed by atoms with Crippen molar-refractivity contribution in [3.63, 3.8) is 0 Å². The second-order valence-corrected chi connectivity index (χ2v) is 5.73. The van der Waals surface area contributed by atoms with Crippen molar-refractivity contribution in [2.45, 2.75) is 32.2 Å². The lowest BCUT2D eigenvalue weighted by Gasteiger charge is -2.29. The number of carbonyl (C=O) groups is 2. The average Bonchev–Trinajstić information content (AvgIpc) is 2.48. The Hall–Kier alpha value is -1.59. The van der Waals surface area contributed by atoms with E-state index in [4.69, 9.17) is 16.7 Å². The first-order valence-corrected chi connectivity index (χ1v) is 7.46. The van der Waals surface area contributed by atoms with E-state index in [1.54, 1.807) is 6.07 Å². The number of halogens is 1. The Balaban J connectivity index is 2.11. The number of rotatable bonds is 4. The number of benzene rings is 1. The van der Waals surface area contributed by atoms with Crippen LogP contribution >= 0.6 is 11.6 Å². The number of aromatic carboxylic acids is 1. The number of anilines is 1. The van der Waals surface area contributed by atoms with Gasteiger partial charge in [0.05, 0.1) is 17.3 Å². The summed E-state index contributed by atoms with van der Waals surface area (Å²) in [7, 11) is 0. The number of hydrogen-bond donors (Lipinski definition) is 3. The van der Waals surface area contributed by atoms with E-state index in [0.717, 1.165) is 25.8 Å². The summed E-state index contributed by atoms with van der Waals surface area (Å²) >= 11 is 5.80. The zero-order chi connectivity index (χ0) is 15.4. The fraction of sp³-hybridized carbons (Fsp3) is 0.467. The summed E-state index contributed by atoms with van der Waals surface area (Å²) in [5.41, 5.74) is 0.274. The van der Waals surface area contributed by atoms with Crippen LogP contribution in [0.3, 0.4) is 0 Å². The lowest BCUT2D eigenvalue weighted by atomic mass is 9.90. The summed E-state index contributed by atoms with van der Waals surface area (Å²) in [6.45, 7) is 2.93. The molecule has 0 saturated carbocycles. The van der Waals surface area contributed by atoms with Crippen LogP contribution in [0.25, 0.3) is 0 Å². The van der Waals surface area contributed by atoms with E-state index in [9.17, 15) is 9.59 Å². The molecule has 1 fully saturated rings. The summed E-state index contributed by atoms with van der Waals surface area (Å²) < 4.78 is 0. The summed E-state index contributed by atoms with van der Waals surface area (Å²) in [4.78, 5) is 23.5. The molecule has 0 spiro atoms. The van der Waals surface area contributed by atoms with Gasteiger partial charge in [0.2, 0.25) is 5.91 Å². The molecule has 0 aliphatic carbocycles. The van der Waals surface area contributed by atoms with Gasteiger partial charge >= 0.3 is 5.97 Å². The second kappa shape index (κ2) is 6.91. The molecule has 1 aromatic rings. The fourth-order valence-corrected chi connectivity index (χ4v) is 2.76. The van der Waals surface area contributed by atoms with E-state index in [0.29, 0.717) is 10.9 Å². The highest BCUT2D eigenvalue weighted by Gasteiger charge is 2.26. The van der Waals surface area contributed by atoms with Crippen molar-refractivity contribution < 1.29 is 14.7 Å². The van der Waals surface area contributed by atoms with Gasteiger partial charge in [-0.05, 0) is 43.5 Å². The van der Waals surface area contributed by atoms with Gasteiger partial charge in [0.1, 0.15) is 0 Å². The molecule has 2 atom stereocenters. The summed E-state index contributed by atoms with van der Waals surface area (Å²) in [5.74, 6) is -0.778. The van der Waals surface area contributed by atoms with Crippen molar-refractivity contribution in [1.82, 2.24) is 5.32 Å². The smallest absolute Gasteiger partial charge is 0.337 e. The van der Waals surface area contributed by atoms with Crippen LogP contribution in [0, 0.1) is 5.92 Å². The third kappa shape index (κ3) is 3.95. The minimum atomic E-state index is -1.11. The van der Waals surface area contributed by atoms with Crippen LogP contribution in [-0.2, 0) is 4.79 Å². The van der Waals surface area contributed by atoms with Gasteiger partial charge in [0, 0.05) is 5.02 Å². The molecule has 114 valence electrons. The predicted molar refractivity (Wildman–Crippen MR) is 81.8 cm³/mol. The van der Waals surface area contributed by atoms with Crippen LogP contribution in [0.2, 0.25) is 5.02 Å². The molecule has 1 heterocycles. The number of amides is 1. The molecule has 1 aliphatic heterocycles. The fourth-order valence-electron chi connectivity index (χ4n) is 2.59. The largest absolute Gasteiger partial charge is 0.478 e. The molecule has 1 aromatic carbocycles. The maximum atomic E-state index is 12.3. The maximum Gasteiger partial charge on any atom is 0.337 e. The van der Waals surface area contributed by atoms with Crippen molar-refractivity contribution >= 4 is 29.2 Å². The normalized spacial score (nSPS) is 21.8. The first-order valence-electron chi connectivity index (χ1n) is 7.08. The number of carboxylic acid groups (broad SMARTS) is 1. The lowest BCUT2D eigenvalue weighted by Crippen LogP contribution is -2.46. The first kappa shape index (κ1) is 15.8. The molecule has 0 bridgehead atoms. The molecule has 0 radical (unpaired) electrons. The van der Waals surface area contributed by atoms with Crippen LogP contribution < -0.4 is 10.6 Å². The maximum absolute atomic E-state index is 12.3. The molecule has 1 saturated heterocycles. The van der Waals surface area contributed by atoms with Gasteiger partial charge in [0.25, 0.3) is 0 Å². The number of carbonyl (C=O) groups excluding carboxylic acids is 1. The number of piperidine rings is 1. The van der Waals surface area contributed by atoms with E-state index >= 15 is 0 Å². The van der Waals surface area contributed by atoms with E-state index in [2.05, 4.69) is 17.6 Å². The molecule has 3 N–H and O–H groups in total. The molecular weight excluding hydrogens is 292 g/mol. The molecule has 2 unspecified atom stereocenters. The Morgan fingerprint density at radius 3 is 2.90 bits per heavy atom. The Bertz CT molecular complexity index is 548. The van der Waals surface area contributed by atoms with Gasteiger partial charge < -0.3 is 15.7 Å². The molecule has 1 amide bonds. The molecule has 2 rings (SSSR count). The predicted octanol–water partition coefficient (Wildman–Crippen LogP) is 2.75. The van der Waals surface area contributed by atoms with E-state index in [1.807, 2.05) is 0 Å². The molecule has 5 nitrogen and oxygen atoms in total. The molecule has 21 heavy (non-hydrogen) atoms. The summed E-state index contributed by atoms with van der Waals surface area (Å²) in [5, 5.41) is 15.4. The topological polar surface area (TPSA) is 78.4 Å². The third-order valence-electron chi connectivity index (χ3n) is 3.88.